The van der Waals surface area contributed by atoms with Crippen molar-refractivity contribution in [1.82, 2.24) is 18.7 Å². The Labute approximate surface area is 397 Å². The minimum Gasteiger partial charge on any atom is -0.493 e. The molecule has 4 aromatic carbocycles. The van der Waals surface area contributed by atoms with Crippen LogP contribution in [-0.2, 0) is 0 Å². The fourth-order valence-corrected chi connectivity index (χ4v) is 7.06. The van der Waals surface area contributed by atoms with E-state index in [-0.39, 0.29) is 0 Å². The molecule has 19 heteroatoms. The summed E-state index contributed by atoms with van der Waals surface area (Å²) in [6, 6.07) is 29.5. The highest BCUT2D eigenvalue weighted by Gasteiger charge is 2.16. The standard InChI is InChI=1S/C23H19ClN4O3S.C14H12Cl2N2O2.C9H8N2OS/c1-29-20-11-18-19(12-21(20)30-9-2-8-24)26-14-15(13-25)23(18)27-16-3-5-17(6-4-16)31-22-7-10-32-28-22;1-19-12-5-10-11(6-13(12)20-4-2-3-15)18-8-9(7-17)14(10)16;10-7-1-3-8(4-2-7)12-9-5-6-13-11-9/h3-7,10-12,14H,2,8-9H2,1H3,(H,26,27);5-6,8H,2-4H2,1H3;1-6H,10H2. The Morgan fingerprint density at radius 2 is 1.14 bits per heavy atom. The third kappa shape index (κ3) is 13.1. The molecule has 0 radical (unpaired) electrons. The summed E-state index contributed by atoms with van der Waals surface area (Å²) in [6.45, 7) is 0.970. The molecule has 8 aromatic rings. The number of nitrogens with two attached hydrogens (primary N) is 1. The molecule has 0 amide bonds. The Morgan fingerprint density at radius 3 is 1.62 bits per heavy atom. The Morgan fingerprint density at radius 1 is 0.646 bits per heavy atom. The van der Waals surface area contributed by atoms with Gasteiger partial charge in [0, 0.05) is 81.3 Å². The molecular weight excluding hydrogens is 931 g/mol. The Bertz CT molecular complexity index is 2860. The molecular formula is C46H39Cl3N8O6S2. The lowest BCUT2D eigenvalue weighted by atomic mass is 10.1. The van der Waals surface area contributed by atoms with Crippen LogP contribution < -0.4 is 39.5 Å². The van der Waals surface area contributed by atoms with E-state index in [4.69, 9.17) is 74.2 Å². The van der Waals surface area contributed by atoms with Gasteiger partial charge in [0.05, 0.1) is 60.3 Å². The van der Waals surface area contributed by atoms with Gasteiger partial charge in [0.1, 0.15) is 23.6 Å². The summed E-state index contributed by atoms with van der Waals surface area (Å²) in [6.07, 6.45) is 4.45. The zero-order valence-corrected chi connectivity index (χ0v) is 38.7. The van der Waals surface area contributed by atoms with Crippen molar-refractivity contribution in [2.24, 2.45) is 0 Å². The summed E-state index contributed by atoms with van der Waals surface area (Å²) in [5.74, 6) is 5.91. The average molecular weight is 970 g/mol. The number of nitrogen functional groups attached to an aromatic ring is 1. The van der Waals surface area contributed by atoms with Crippen LogP contribution in [0.3, 0.4) is 0 Å². The summed E-state index contributed by atoms with van der Waals surface area (Å²) < 4.78 is 41.5. The molecule has 0 fully saturated rings. The first kappa shape index (κ1) is 47.7. The van der Waals surface area contributed by atoms with E-state index in [1.165, 1.54) is 29.3 Å². The van der Waals surface area contributed by atoms with Gasteiger partial charge in [0.25, 0.3) is 0 Å². The van der Waals surface area contributed by atoms with Gasteiger partial charge in [-0.2, -0.15) is 19.3 Å². The largest absolute Gasteiger partial charge is 0.493 e. The molecule has 0 saturated heterocycles. The quantitative estimate of drug-likeness (QED) is 0.0528. The average Bonchev–Trinajstić information content (AvgIpc) is 4.06. The third-order valence-corrected chi connectivity index (χ3v) is 10.9. The van der Waals surface area contributed by atoms with E-state index >= 15 is 0 Å². The zero-order valence-electron chi connectivity index (χ0n) is 34.8. The Kier molecular flexibility index (Phi) is 17.8. The van der Waals surface area contributed by atoms with Gasteiger partial charge in [-0.1, -0.05) is 11.6 Å². The van der Waals surface area contributed by atoms with Crippen LogP contribution in [0, 0.1) is 22.7 Å². The van der Waals surface area contributed by atoms with E-state index < -0.39 is 0 Å². The smallest absolute Gasteiger partial charge is 0.230 e. The second-order valence-electron chi connectivity index (χ2n) is 13.2. The van der Waals surface area contributed by atoms with Crippen LogP contribution in [0.2, 0.25) is 5.02 Å². The van der Waals surface area contributed by atoms with E-state index in [1.807, 2.05) is 65.4 Å². The number of anilines is 3. The zero-order chi connectivity index (χ0) is 46.0. The first-order valence-electron chi connectivity index (χ1n) is 19.5. The number of pyridine rings is 2. The topological polar surface area (TPSA) is 193 Å². The summed E-state index contributed by atoms with van der Waals surface area (Å²) in [4.78, 5) is 8.63. The summed E-state index contributed by atoms with van der Waals surface area (Å²) in [7, 11) is 3.12. The molecule has 14 nitrogen and oxygen atoms in total. The van der Waals surface area contributed by atoms with Gasteiger partial charge in [-0.25, -0.2) is 0 Å². The number of nitrogens with zero attached hydrogens (tertiary/aromatic N) is 6. The third-order valence-electron chi connectivity index (χ3n) is 8.83. The molecule has 332 valence electrons. The van der Waals surface area contributed by atoms with Crippen LogP contribution in [0.1, 0.15) is 24.0 Å². The number of halogens is 3. The highest BCUT2D eigenvalue weighted by Crippen LogP contribution is 2.38. The number of fused-ring (bicyclic) bond motifs is 2. The predicted octanol–water partition coefficient (Wildman–Crippen LogP) is 12.4. The molecule has 65 heavy (non-hydrogen) atoms. The number of alkyl halides is 2. The minimum atomic E-state index is 0.331. The normalized spacial score (nSPS) is 10.3. The van der Waals surface area contributed by atoms with Crippen molar-refractivity contribution in [3.63, 3.8) is 0 Å². The monoisotopic (exact) mass is 968 g/mol. The second kappa shape index (κ2) is 24.3. The van der Waals surface area contributed by atoms with Gasteiger partial charge < -0.3 is 39.5 Å². The maximum absolute atomic E-state index is 9.64. The number of nitriles is 2. The van der Waals surface area contributed by atoms with Crippen LogP contribution in [0.25, 0.3) is 21.8 Å². The number of rotatable bonds is 16. The van der Waals surface area contributed by atoms with Crippen LogP contribution in [-0.4, -0.2) is 57.9 Å². The second-order valence-corrected chi connectivity index (χ2v) is 15.6. The number of ether oxygens (including phenoxy) is 6. The van der Waals surface area contributed by atoms with E-state index in [0.29, 0.717) is 104 Å². The van der Waals surface area contributed by atoms with Gasteiger partial charge in [0.15, 0.2) is 23.0 Å². The number of hydrogen-bond donors (Lipinski definition) is 2. The van der Waals surface area contributed by atoms with Gasteiger partial charge in [-0.15, -0.1) is 23.2 Å². The first-order valence-corrected chi connectivity index (χ1v) is 22.6. The Hall–Kier alpha value is -6.79. The first-order chi connectivity index (χ1) is 31.8. The van der Waals surface area contributed by atoms with Gasteiger partial charge in [-0.3, -0.25) is 9.97 Å². The fraction of sp³-hybridized carbons (Fsp3) is 0.174. The SMILES string of the molecule is COc1cc2c(Cl)c(C#N)cnc2cc1OCCCCl.COc1cc2c(Nc3ccc(Oc4ccsn4)cc3)c(C#N)cnc2cc1OCCCCl.Nc1ccc(Oc2ccsn2)cc1. The van der Waals surface area contributed by atoms with Gasteiger partial charge >= 0.3 is 0 Å². The van der Waals surface area contributed by atoms with Crippen molar-refractivity contribution in [3.05, 3.63) is 124 Å². The molecule has 4 aromatic heterocycles. The molecule has 0 unspecified atom stereocenters. The molecule has 0 atom stereocenters. The van der Waals surface area contributed by atoms with Crippen molar-refractivity contribution in [2.75, 3.05) is 50.2 Å². The number of nitrogens with one attached hydrogen (secondary N) is 1. The van der Waals surface area contributed by atoms with Crippen LogP contribution in [0.15, 0.2) is 108 Å². The van der Waals surface area contributed by atoms with Crippen LogP contribution >= 0.6 is 57.9 Å². The highest BCUT2D eigenvalue weighted by atomic mass is 35.5. The van der Waals surface area contributed by atoms with E-state index in [1.54, 1.807) is 56.8 Å². The minimum absolute atomic E-state index is 0.331. The van der Waals surface area contributed by atoms with Crippen molar-refractivity contribution in [3.8, 4) is 58.4 Å². The van der Waals surface area contributed by atoms with E-state index in [2.05, 4.69) is 30.1 Å². The highest BCUT2D eigenvalue weighted by molar-refractivity contribution is 7.03. The molecule has 0 spiro atoms. The van der Waals surface area contributed by atoms with Crippen molar-refractivity contribution >= 4 is 96.7 Å². The lowest BCUT2D eigenvalue weighted by Gasteiger charge is -2.15. The lowest BCUT2D eigenvalue weighted by Crippen LogP contribution is -2.02. The van der Waals surface area contributed by atoms with Crippen molar-refractivity contribution in [2.45, 2.75) is 12.8 Å². The molecule has 8 rings (SSSR count). The maximum atomic E-state index is 9.64. The number of methoxy groups -OCH3 is 2. The molecule has 0 saturated carbocycles. The Balaban J connectivity index is 0.000000180. The molecule has 3 N–H and O–H groups in total. The van der Waals surface area contributed by atoms with Crippen LogP contribution in [0.4, 0.5) is 17.1 Å². The predicted molar refractivity (Wildman–Crippen MR) is 258 cm³/mol. The molecule has 0 aliphatic carbocycles. The fourth-order valence-electron chi connectivity index (χ4n) is 5.72. The summed E-state index contributed by atoms with van der Waals surface area (Å²) >= 11 is 20.2. The molecule has 4 heterocycles. The molecule has 0 aliphatic rings. The maximum Gasteiger partial charge on any atom is 0.230 e. The van der Waals surface area contributed by atoms with Crippen LogP contribution in [0.5, 0.6) is 46.3 Å². The van der Waals surface area contributed by atoms with Gasteiger partial charge in [-0.05, 0) is 96.6 Å². The van der Waals surface area contributed by atoms with Gasteiger partial charge in [0.2, 0.25) is 11.8 Å². The van der Waals surface area contributed by atoms with Crippen molar-refractivity contribution in [1.29, 1.82) is 10.5 Å². The van der Waals surface area contributed by atoms with Crippen molar-refractivity contribution < 1.29 is 28.4 Å². The number of hydrogen-bond acceptors (Lipinski definition) is 16. The molecule has 0 aliphatic heterocycles. The van der Waals surface area contributed by atoms with E-state index in [9.17, 15) is 5.26 Å². The molecule has 0 bridgehead atoms. The lowest BCUT2D eigenvalue weighted by molar-refractivity contribution is 0.295. The number of benzene rings is 4. The summed E-state index contributed by atoms with van der Waals surface area (Å²) in [5.41, 5.74) is 9.76. The number of aromatic nitrogens is 4. The summed E-state index contributed by atoms with van der Waals surface area (Å²) in [5, 5.41) is 27.4. The van der Waals surface area contributed by atoms with E-state index in [0.717, 1.165) is 35.4 Å².